The number of amides is 1. The SMILES string of the molecule is CC1CN(C(=O)c2cncc(Br)c2)CCS1. The van der Waals surface area contributed by atoms with Crippen molar-refractivity contribution < 1.29 is 4.79 Å². The van der Waals surface area contributed by atoms with Crippen molar-refractivity contribution in [2.75, 3.05) is 18.8 Å². The van der Waals surface area contributed by atoms with Crippen LogP contribution in [0.5, 0.6) is 0 Å². The molecule has 1 aromatic rings. The van der Waals surface area contributed by atoms with Gasteiger partial charge in [-0.3, -0.25) is 9.78 Å². The van der Waals surface area contributed by atoms with Crippen LogP contribution in [0.1, 0.15) is 17.3 Å². The van der Waals surface area contributed by atoms with Crippen LogP contribution in [0.2, 0.25) is 0 Å². The van der Waals surface area contributed by atoms with Crippen LogP contribution in [0.3, 0.4) is 0 Å². The number of halogens is 1. The summed E-state index contributed by atoms with van der Waals surface area (Å²) < 4.78 is 0.845. The summed E-state index contributed by atoms with van der Waals surface area (Å²) in [5.74, 6) is 1.11. The van der Waals surface area contributed by atoms with Gasteiger partial charge in [-0.05, 0) is 22.0 Å². The molecule has 0 spiro atoms. The number of hydrogen-bond donors (Lipinski definition) is 0. The zero-order valence-corrected chi connectivity index (χ0v) is 11.4. The van der Waals surface area contributed by atoms with Gasteiger partial charge in [0.05, 0.1) is 5.56 Å². The lowest BCUT2D eigenvalue weighted by Gasteiger charge is -2.30. The largest absolute Gasteiger partial charge is 0.337 e. The third-order valence-electron chi connectivity index (χ3n) is 2.48. The predicted molar refractivity (Wildman–Crippen MR) is 69.8 cm³/mol. The molecule has 0 saturated carbocycles. The summed E-state index contributed by atoms with van der Waals surface area (Å²) >= 11 is 5.25. The molecular formula is C11H13BrN2OS. The van der Waals surface area contributed by atoms with Crippen LogP contribution >= 0.6 is 27.7 Å². The normalized spacial score (nSPS) is 20.9. The molecule has 2 rings (SSSR count). The van der Waals surface area contributed by atoms with Gasteiger partial charge in [0, 0.05) is 41.0 Å². The minimum Gasteiger partial charge on any atom is -0.337 e. The average Bonchev–Trinajstić information content (AvgIpc) is 2.28. The molecule has 0 aromatic carbocycles. The van der Waals surface area contributed by atoms with Crippen molar-refractivity contribution in [1.82, 2.24) is 9.88 Å². The minimum atomic E-state index is 0.0842. The van der Waals surface area contributed by atoms with E-state index < -0.39 is 0 Å². The molecule has 1 amide bonds. The fourth-order valence-electron chi connectivity index (χ4n) is 1.71. The van der Waals surface area contributed by atoms with Crippen molar-refractivity contribution >= 4 is 33.6 Å². The Morgan fingerprint density at radius 2 is 2.44 bits per heavy atom. The van der Waals surface area contributed by atoms with E-state index in [4.69, 9.17) is 0 Å². The lowest BCUT2D eigenvalue weighted by molar-refractivity contribution is 0.0762. The lowest BCUT2D eigenvalue weighted by atomic mass is 10.2. The third kappa shape index (κ3) is 2.77. The first-order chi connectivity index (χ1) is 7.66. The highest BCUT2D eigenvalue weighted by atomic mass is 79.9. The molecule has 1 fully saturated rings. The van der Waals surface area contributed by atoms with E-state index in [2.05, 4.69) is 27.8 Å². The molecule has 1 saturated heterocycles. The number of pyridine rings is 1. The molecule has 3 nitrogen and oxygen atoms in total. The monoisotopic (exact) mass is 300 g/mol. The van der Waals surface area contributed by atoms with Crippen molar-refractivity contribution in [2.45, 2.75) is 12.2 Å². The van der Waals surface area contributed by atoms with E-state index in [9.17, 15) is 4.79 Å². The highest BCUT2D eigenvalue weighted by Crippen LogP contribution is 2.20. The van der Waals surface area contributed by atoms with Crippen molar-refractivity contribution in [2.24, 2.45) is 0 Å². The Bertz CT molecular complexity index is 399. The Morgan fingerprint density at radius 1 is 1.62 bits per heavy atom. The summed E-state index contributed by atoms with van der Waals surface area (Å²) in [5, 5.41) is 0.526. The first-order valence-electron chi connectivity index (χ1n) is 5.18. The van der Waals surface area contributed by atoms with Gasteiger partial charge in [-0.25, -0.2) is 0 Å². The second-order valence-electron chi connectivity index (χ2n) is 3.82. The zero-order valence-electron chi connectivity index (χ0n) is 9.02. The predicted octanol–water partition coefficient (Wildman–Crippen LogP) is 2.42. The van der Waals surface area contributed by atoms with Gasteiger partial charge in [0.25, 0.3) is 5.91 Å². The Balaban J connectivity index is 2.12. The van der Waals surface area contributed by atoms with Gasteiger partial charge in [0.2, 0.25) is 0 Å². The molecule has 1 aromatic heterocycles. The number of rotatable bonds is 1. The van der Waals surface area contributed by atoms with E-state index in [0.29, 0.717) is 10.8 Å². The van der Waals surface area contributed by atoms with Crippen LogP contribution in [-0.2, 0) is 0 Å². The second-order valence-corrected chi connectivity index (χ2v) is 6.29. The molecule has 0 aliphatic carbocycles. The number of thioether (sulfide) groups is 1. The quantitative estimate of drug-likeness (QED) is 0.799. The number of hydrogen-bond acceptors (Lipinski definition) is 3. The number of aromatic nitrogens is 1. The van der Waals surface area contributed by atoms with Crippen LogP contribution in [0.4, 0.5) is 0 Å². The molecule has 5 heteroatoms. The third-order valence-corrected chi connectivity index (χ3v) is 4.05. The van der Waals surface area contributed by atoms with Crippen molar-refractivity contribution in [3.8, 4) is 0 Å². The van der Waals surface area contributed by atoms with Crippen LogP contribution in [0.25, 0.3) is 0 Å². The molecule has 0 radical (unpaired) electrons. The summed E-state index contributed by atoms with van der Waals surface area (Å²) in [4.78, 5) is 18.1. The van der Waals surface area contributed by atoms with Gasteiger partial charge < -0.3 is 4.90 Å². The van der Waals surface area contributed by atoms with E-state index >= 15 is 0 Å². The molecule has 1 unspecified atom stereocenters. The van der Waals surface area contributed by atoms with Gasteiger partial charge in [0.1, 0.15) is 0 Å². The van der Waals surface area contributed by atoms with Crippen LogP contribution in [-0.4, -0.2) is 39.9 Å². The maximum Gasteiger partial charge on any atom is 0.255 e. The highest BCUT2D eigenvalue weighted by molar-refractivity contribution is 9.10. The Morgan fingerprint density at radius 3 is 3.12 bits per heavy atom. The molecule has 1 aliphatic rings. The molecule has 86 valence electrons. The van der Waals surface area contributed by atoms with Crippen LogP contribution < -0.4 is 0 Å². The fourth-order valence-corrected chi connectivity index (χ4v) is 3.09. The average molecular weight is 301 g/mol. The second kappa shape index (κ2) is 5.19. The lowest BCUT2D eigenvalue weighted by Crippen LogP contribution is -2.41. The van der Waals surface area contributed by atoms with Gasteiger partial charge in [-0.2, -0.15) is 11.8 Å². The van der Waals surface area contributed by atoms with Gasteiger partial charge in [-0.1, -0.05) is 6.92 Å². The molecule has 1 aliphatic heterocycles. The van der Waals surface area contributed by atoms with E-state index in [-0.39, 0.29) is 5.91 Å². The number of carbonyl (C=O) groups excluding carboxylic acids is 1. The smallest absolute Gasteiger partial charge is 0.255 e. The van der Waals surface area contributed by atoms with Gasteiger partial charge in [-0.15, -0.1) is 0 Å². The van der Waals surface area contributed by atoms with E-state index in [0.717, 1.165) is 23.3 Å². The van der Waals surface area contributed by atoms with E-state index in [1.165, 1.54) is 0 Å². The van der Waals surface area contributed by atoms with Crippen LogP contribution in [0, 0.1) is 0 Å². The molecule has 16 heavy (non-hydrogen) atoms. The summed E-state index contributed by atoms with van der Waals surface area (Å²) in [6, 6.07) is 1.82. The molecule has 0 N–H and O–H groups in total. The van der Waals surface area contributed by atoms with Gasteiger partial charge >= 0.3 is 0 Å². The highest BCUT2D eigenvalue weighted by Gasteiger charge is 2.22. The fraction of sp³-hybridized carbons (Fsp3) is 0.455. The van der Waals surface area contributed by atoms with Crippen molar-refractivity contribution in [1.29, 1.82) is 0 Å². The molecule has 1 atom stereocenters. The Hall–Kier alpha value is -0.550. The zero-order chi connectivity index (χ0) is 11.5. The molecule has 0 bridgehead atoms. The minimum absolute atomic E-state index is 0.0842. The summed E-state index contributed by atoms with van der Waals surface area (Å²) in [7, 11) is 0. The first kappa shape index (κ1) is 11.9. The summed E-state index contributed by atoms with van der Waals surface area (Å²) in [6.07, 6.45) is 3.31. The maximum absolute atomic E-state index is 12.2. The van der Waals surface area contributed by atoms with Crippen molar-refractivity contribution in [3.63, 3.8) is 0 Å². The number of carbonyl (C=O) groups is 1. The molecular weight excluding hydrogens is 288 g/mol. The molecule has 2 heterocycles. The van der Waals surface area contributed by atoms with E-state index in [1.807, 2.05) is 22.7 Å². The summed E-state index contributed by atoms with van der Waals surface area (Å²) in [5.41, 5.74) is 0.661. The Labute approximate surface area is 108 Å². The topological polar surface area (TPSA) is 33.2 Å². The van der Waals surface area contributed by atoms with Crippen molar-refractivity contribution in [3.05, 3.63) is 28.5 Å². The standard InChI is InChI=1S/C11H13BrN2OS/c1-8-7-14(2-3-16-8)11(15)9-4-10(12)6-13-5-9/h4-6,8H,2-3,7H2,1H3. The van der Waals surface area contributed by atoms with Crippen LogP contribution in [0.15, 0.2) is 22.9 Å². The summed E-state index contributed by atoms with van der Waals surface area (Å²) in [6.45, 7) is 3.82. The van der Waals surface area contributed by atoms with Gasteiger partial charge in [0.15, 0.2) is 0 Å². The first-order valence-corrected chi connectivity index (χ1v) is 7.02. The maximum atomic E-state index is 12.2. The van der Waals surface area contributed by atoms with E-state index in [1.54, 1.807) is 12.4 Å². The number of nitrogens with zero attached hydrogens (tertiary/aromatic N) is 2. The Kier molecular flexibility index (Phi) is 3.86.